The highest BCUT2D eigenvalue weighted by molar-refractivity contribution is 6.44. The van der Waals surface area contributed by atoms with Gasteiger partial charge in [-0.05, 0) is 30.9 Å². The van der Waals surface area contributed by atoms with Crippen LogP contribution in [0.2, 0.25) is 0 Å². The maximum Gasteiger partial charge on any atom is 0.335 e. The van der Waals surface area contributed by atoms with Crippen molar-refractivity contribution >= 4 is 17.8 Å². The van der Waals surface area contributed by atoms with Crippen LogP contribution in [0.5, 0.6) is 0 Å². The molecule has 3 heterocycles. The van der Waals surface area contributed by atoms with E-state index in [1.165, 1.54) is 0 Å². The number of carbonyl (C=O) groups is 3. The van der Waals surface area contributed by atoms with E-state index >= 15 is 0 Å². The van der Waals surface area contributed by atoms with Gasteiger partial charge in [0.25, 0.3) is 0 Å². The molecule has 1 atom stereocenters. The van der Waals surface area contributed by atoms with E-state index in [1.54, 1.807) is 6.20 Å². The van der Waals surface area contributed by atoms with Gasteiger partial charge in [-0.25, -0.2) is 9.69 Å². The highest BCUT2D eigenvalue weighted by atomic mass is 16.2. The highest BCUT2D eigenvalue weighted by Crippen LogP contribution is 2.32. The lowest BCUT2D eigenvalue weighted by molar-refractivity contribution is -0.144. The fraction of sp³-hybridized carbons (Fsp3) is 0.529. The van der Waals surface area contributed by atoms with E-state index < -0.39 is 17.8 Å². The van der Waals surface area contributed by atoms with E-state index in [9.17, 15) is 14.4 Å². The molecule has 128 valence electrons. The van der Waals surface area contributed by atoms with Gasteiger partial charge >= 0.3 is 17.8 Å². The molecule has 2 fully saturated rings. The Morgan fingerprint density at radius 2 is 2.00 bits per heavy atom. The van der Waals surface area contributed by atoms with Gasteiger partial charge in [-0.1, -0.05) is 19.4 Å². The number of unbranched alkanes of at least 4 members (excludes halogenated alkanes) is 1. The average Bonchev–Trinajstić information content (AvgIpc) is 3.14. The summed E-state index contributed by atoms with van der Waals surface area (Å²) in [4.78, 5) is 45.0. The third-order valence-corrected chi connectivity index (χ3v) is 4.63. The van der Waals surface area contributed by atoms with E-state index in [2.05, 4.69) is 9.88 Å². The Labute approximate surface area is 141 Å². The number of carbonyl (C=O) groups excluding carboxylic acids is 3. The zero-order valence-electron chi connectivity index (χ0n) is 13.9. The topological polar surface area (TPSA) is 73.8 Å². The normalized spacial score (nSPS) is 22.0. The minimum absolute atomic E-state index is 0.124. The molecule has 24 heavy (non-hydrogen) atoms. The molecule has 1 unspecified atom stereocenters. The molecule has 2 saturated heterocycles. The molecule has 0 radical (unpaired) electrons. The molecule has 3 rings (SSSR count). The number of hydrogen-bond donors (Lipinski definition) is 0. The Hall–Kier alpha value is -2.28. The summed E-state index contributed by atoms with van der Waals surface area (Å²) in [7, 11) is 0. The largest absolute Gasteiger partial charge is 0.335 e. The zero-order chi connectivity index (χ0) is 17.1. The van der Waals surface area contributed by atoms with Gasteiger partial charge in [-0.15, -0.1) is 0 Å². The van der Waals surface area contributed by atoms with Crippen molar-refractivity contribution < 1.29 is 14.4 Å². The molecule has 0 aliphatic carbocycles. The summed E-state index contributed by atoms with van der Waals surface area (Å²) >= 11 is 0. The van der Waals surface area contributed by atoms with E-state index in [0.717, 1.165) is 41.2 Å². The molecule has 2 aliphatic heterocycles. The van der Waals surface area contributed by atoms with Crippen molar-refractivity contribution in [1.82, 2.24) is 19.7 Å². The molecule has 4 amide bonds. The number of amides is 4. The van der Waals surface area contributed by atoms with Crippen LogP contribution in [0.25, 0.3) is 0 Å². The van der Waals surface area contributed by atoms with Crippen LogP contribution in [0.4, 0.5) is 4.79 Å². The van der Waals surface area contributed by atoms with E-state index in [-0.39, 0.29) is 12.7 Å². The molecule has 7 heteroatoms. The molecule has 0 bridgehead atoms. The summed E-state index contributed by atoms with van der Waals surface area (Å²) in [6, 6.07) is 3.52. The lowest BCUT2D eigenvalue weighted by atomic mass is 10.1. The fourth-order valence-electron chi connectivity index (χ4n) is 3.32. The first-order chi connectivity index (χ1) is 11.6. The number of imide groups is 2. The van der Waals surface area contributed by atoms with Crippen LogP contribution in [-0.2, 0) is 9.59 Å². The molecular weight excluding hydrogens is 308 g/mol. The summed E-state index contributed by atoms with van der Waals surface area (Å²) in [6.07, 6.45) is 7.05. The molecular formula is C17H22N4O3. The van der Waals surface area contributed by atoms with Crippen molar-refractivity contribution in [3.05, 3.63) is 30.1 Å². The predicted molar refractivity (Wildman–Crippen MR) is 86.6 cm³/mol. The van der Waals surface area contributed by atoms with Gasteiger partial charge in [-0.3, -0.25) is 24.4 Å². The van der Waals surface area contributed by atoms with Crippen LogP contribution in [0.1, 0.15) is 44.2 Å². The van der Waals surface area contributed by atoms with Gasteiger partial charge in [0.2, 0.25) is 0 Å². The van der Waals surface area contributed by atoms with Crippen LogP contribution < -0.4 is 0 Å². The molecule has 0 saturated carbocycles. The van der Waals surface area contributed by atoms with Crippen LogP contribution in [0, 0.1) is 0 Å². The van der Waals surface area contributed by atoms with Crippen molar-refractivity contribution in [1.29, 1.82) is 0 Å². The van der Waals surface area contributed by atoms with E-state index in [1.807, 2.05) is 25.3 Å². The number of aromatic nitrogens is 1. The first-order valence-corrected chi connectivity index (χ1v) is 8.44. The first-order valence-electron chi connectivity index (χ1n) is 8.44. The quantitative estimate of drug-likeness (QED) is 0.587. The van der Waals surface area contributed by atoms with Crippen molar-refractivity contribution in [2.75, 3.05) is 19.8 Å². The molecule has 1 aromatic rings. The maximum absolute atomic E-state index is 12.4. The number of rotatable bonds is 6. The summed E-state index contributed by atoms with van der Waals surface area (Å²) < 4.78 is 0. The number of hydrogen-bond acceptors (Lipinski definition) is 5. The Balaban J connectivity index is 1.72. The van der Waals surface area contributed by atoms with Gasteiger partial charge in [0.1, 0.15) is 0 Å². The Bertz CT molecular complexity index is 634. The second kappa shape index (κ2) is 7.09. The van der Waals surface area contributed by atoms with E-state index in [0.29, 0.717) is 13.0 Å². The lowest BCUT2D eigenvalue weighted by Crippen LogP contribution is -2.42. The van der Waals surface area contributed by atoms with Gasteiger partial charge in [0.15, 0.2) is 0 Å². The minimum atomic E-state index is -0.715. The smallest absolute Gasteiger partial charge is 0.278 e. The number of likely N-dealkylation sites (tertiary alicyclic amines) is 1. The van der Waals surface area contributed by atoms with E-state index in [4.69, 9.17) is 0 Å². The van der Waals surface area contributed by atoms with Crippen LogP contribution in [-0.4, -0.2) is 57.3 Å². The van der Waals surface area contributed by atoms with Crippen LogP contribution in [0.15, 0.2) is 24.5 Å². The van der Waals surface area contributed by atoms with Gasteiger partial charge in [0.05, 0.1) is 6.67 Å². The predicted octanol–water partition coefficient (Wildman–Crippen LogP) is 1.77. The zero-order valence-corrected chi connectivity index (χ0v) is 13.9. The Morgan fingerprint density at radius 3 is 2.71 bits per heavy atom. The molecule has 0 aromatic carbocycles. The van der Waals surface area contributed by atoms with Crippen molar-refractivity contribution in [2.24, 2.45) is 0 Å². The molecule has 1 aromatic heterocycles. The number of pyridine rings is 1. The first kappa shape index (κ1) is 16.6. The van der Waals surface area contributed by atoms with Gasteiger partial charge in [0, 0.05) is 31.5 Å². The summed E-state index contributed by atoms with van der Waals surface area (Å²) in [5.74, 6) is -1.42. The SMILES string of the molecule is CCCCN1C(=O)C(=O)N(CN2CCCC2c2cccnc2)C1=O. The van der Waals surface area contributed by atoms with Gasteiger partial charge in [-0.2, -0.15) is 0 Å². The van der Waals surface area contributed by atoms with Crippen LogP contribution >= 0.6 is 0 Å². The number of nitrogens with zero attached hydrogens (tertiary/aromatic N) is 4. The fourth-order valence-corrected chi connectivity index (χ4v) is 3.32. The molecule has 2 aliphatic rings. The number of urea groups is 1. The van der Waals surface area contributed by atoms with Gasteiger partial charge < -0.3 is 0 Å². The standard InChI is InChI=1S/C17H22N4O3/c1-2-3-10-20-15(22)16(23)21(17(20)24)12-19-9-5-7-14(19)13-6-4-8-18-11-13/h4,6,8,11,14H,2-3,5,7,9-10,12H2,1H3. The van der Waals surface area contributed by atoms with Crippen molar-refractivity contribution in [2.45, 2.75) is 38.6 Å². The minimum Gasteiger partial charge on any atom is -0.278 e. The highest BCUT2D eigenvalue weighted by Gasteiger charge is 2.45. The maximum atomic E-state index is 12.4. The third kappa shape index (κ3) is 3.03. The average molecular weight is 330 g/mol. The summed E-state index contributed by atoms with van der Waals surface area (Å²) in [5.41, 5.74) is 1.07. The third-order valence-electron chi connectivity index (χ3n) is 4.63. The summed E-state index contributed by atoms with van der Waals surface area (Å²) in [5, 5.41) is 0. The summed E-state index contributed by atoms with van der Waals surface area (Å²) in [6.45, 7) is 3.24. The Morgan fingerprint density at radius 1 is 1.21 bits per heavy atom. The molecule has 0 spiro atoms. The second-order valence-corrected chi connectivity index (χ2v) is 6.22. The van der Waals surface area contributed by atoms with Crippen molar-refractivity contribution in [3.63, 3.8) is 0 Å². The lowest BCUT2D eigenvalue weighted by Gasteiger charge is -2.27. The monoisotopic (exact) mass is 330 g/mol. The molecule has 0 N–H and O–H groups in total. The van der Waals surface area contributed by atoms with Crippen molar-refractivity contribution in [3.8, 4) is 0 Å². The second-order valence-electron chi connectivity index (χ2n) is 6.22. The van der Waals surface area contributed by atoms with Crippen LogP contribution in [0.3, 0.4) is 0 Å². The Kier molecular flexibility index (Phi) is 4.89. The molecule has 7 nitrogen and oxygen atoms in total.